The number of fused-ring (bicyclic) bond motifs is 12. The molecule has 0 atom stereocenters. The number of benzene rings is 7. The molecule has 0 N–H and O–H groups in total. The molecule has 4 aromatic heterocycles. The number of thiophene rings is 1. The number of oxazole rings is 1. The van der Waals surface area contributed by atoms with E-state index in [2.05, 4.69) is 161 Å². The maximum absolute atomic E-state index is 6.89. The number of rotatable bonds is 3. The third-order valence-corrected chi connectivity index (χ3v) is 10.9. The van der Waals surface area contributed by atoms with Crippen LogP contribution in [0.25, 0.3) is 97.7 Å². The monoisotopic (exact) mass is 631 g/mol. The molecule has 0 aliphatic rings. The molecule has 11 rings (SSSR count). The molecule has 0 saturated carbocycles. The highest BCUT2D eigenvalue weighted by molar-refractivity contribution is 7.26. The van der Waals surface area contributed by atoms with Crippen LogP contribution in [0.15, 0.2) is 156 Å². The smallest absolute Gasteiger partial charge is 0.307 e. The maximum Gasteiger partial charge on any atom is 0.307 e. The van der Waals surface area contributed by atoms with Gasteiger partial charge in [-0.15, -0.1) is 11.3 Å². The molecule has 0 aliphatic carbocycles. The molecule has 0 aliphatic heterocycles. The van der Waals surface area contributed by atoms with E-state index in [9.17, 15) is 0 Å². The van der Waals surface area contributed by atoms with Crippen molar-refractivity contribution in [2.75, 3.05) is 0 Å². The highest BCUT2D eigenvalue weighted by atomic mass is 32.1. The van der Waals surface area contributed by atoms with E-state index in [0.717, 1.165) is 33.2 Å². The van der Waals surface area contributed by atoms with Crippen molar-refractivity contribution in [3.8, 4) is 22.8 Å². The Morgan fingerprint density at radius 1 is 0.479 bits per heavy atom. The van der Waals surface area contributed by atoms with Crippen LogP contribution in [0.2, 0.25) is 0 Å². The second-order valence-corrected chi connectivity index (χ2v) is 13.4. The lowest BCUT2D eigenvalue weighted by Crippen LogP contribution is -1.95. The predicted octanol–water partition coefficient (Wildman–Crippen LogP) is 12.1. The Kier molecular flexibility index (Phi) is 5.23. The minimum Gasteiger partial charge on any atom is -0.422 e. The zero-order valence-corrected chi connectivity index (χ0v) is 26.4. The zero-order chi connectivity index (χ0) is 31.3. The van der Waals surface area contributed by atoms with E-state index >= 15 is 0 Å². The van der Waals surface area contributed by atoms with Crippen molar-refractivity contribution >= 4 is 86.2 Å². The van der Waals surface area contributed by atoms with Crippen LogP contribution in [0.4, 0.5) is 0 Å². The van der Waals surface area contributed by atoms with Crippen molar-refractivity contribution in [2.45, 2.75) is 0 Å². The SMILES string of the molecule is c1ccc(-c2ccc3sc4ccc5nc(-n6c7ccccc7c7c6ccc6c8ccccc8n(-c8ccccc8)c67)oc5c4c3c2)cc1. The molecule has 48 heavy (non-hydrogen) atoms. The van der Waals surface area contributed by atoms with E-state index in [-0.39, 0.29) is 0 Å². The highest BCUT2D eigenvalue weighted by Crippen LogP contribution is 2.44. The van der Waals surface area contributed by atoms with Gasteiger partial charge in [0.05, 0.1) is 22.1 Å². The summed E-state index contributed by atoms with van der Waals surface area (Å²) in [4.78, 5) is 5.17. The van der Waals surface area contributed by atoms with Crippen LogP contribution in [0, 0.1) is 0 Å². The van der Waals surface area contributed by atoms with Crippen molar-refractivity contribution in [3.63, 3.8) is 0 Å². The highest BCUT2D eigenvalue weighted by Gasteiger charge is 2.23. The molecule has 0 radical (unpaired) electrons. The molecule has 11 aromatic rings. The summed E-state index contributed by atoms with van der Waals surface area (Å²) in [5.41, 5.74) is 9.71. The van der Waals surface area contributed by atoms with E-state index in [4.69, 9.17) is 9.40 Å². The Balaban J connectivity index is 1.23. The fourth-order valence-corrected chi connectivity index (χ4v) is 8.79. The van der Waals surface area contributed by atoms with Crippen molar-refractivity contribution < 1.29 is 4.42 Å². The Bertz CT molecular complexity index is 3050. The predicted molar refractivity (Wildman–Crippen MR) is 201 cm³/mol. The number of hydrogen-bond donors (Lipinski definition) is 0. The molecule has 0 unspecified atom stereocenters. The first-order chi connectivity index (χ1) is 23.8. The average molecular weight is 632 g/mol. The van der Waals surface area contributed by atoms with E-state index in [1.165, 1.54) is 58.5 Å². The average Bonchev–Trinajstić information content (AvgIpc) is 3.90. The van der Waals surface area contributed by atoms with Crippen molar-refractivity contribution in [1.82, 2.24) is 14.1 Å². The quantitative estimate of drug-likeness (QED) is 0.194. The standard InChI is InChI=1S/C43H25N3OS/c1-3-11-26(12-4-1)27-19-23-37-32(25-27)40-38(48-37)24-21-33-42(40)47-43(44-33)46-35-18-10-8-16-31(35)39-36(46)22-20-30-29-15-7-9-17-34(29)45(41(30)39)28-13-5-2-6-14-28/h1-25H. The lowest BCUT2D eigenvalue weighted by molar-refractivity contribution is 0.577. The zero-order valence-electron chi connectivity index (χ0n) is 25.6. The third kappa shape index (κ3) is 3.51. The van der Waals surface area contributed by atoms with Gasteiger partial charge in [-0.2, -0.15) is 4.98 Å². The Morgan fingerprint density at radius 3 is 2.02 bits per heavy atom. The Labute approximate surface area is 278 Å². The molecule has 0 spiro atoms. The number of nitrogens with zero attached hydrogens (tertiary/aromatic N) is 3. The van der Waals surface area contributed by atoms with Gasteiger partial charge in [0.1, 0.15) is 5.52 Å². The fourth-order valence-electron chi connectivity index (χ4n) is 7.70. The van der Waals surface area contributed by atoms with Crippen LogP contribution in [-0.4, -0.2) is 14.1 Å². The minimum atomic E-state index is 0.573. The van der Waals surface area contributed by atoms with Gasteiger partial charge in [-0.25, -0.2) is 0 Å². The van der Waals surface area contributed by atoms with Gasteiger partial charge in [0.15, 0.2) is 5.58 Å². The second-order valence-electron chi connectivity index (χ2n) is 12.4. The van der Waals surface area contributed by atoms with Gasteiger partial charge >= 0.3 is 6.01 Å². The fraction of sp³-hybridized carbons (Fsp3) is 0. The molecule has 0 amide bonds. The first kappa shape index (κ1) is 26.0. The lowest BCUT2D eigenvalue weighted by atomic mass is 10.0. The molecular formula is C43H25N3OS. The van der Waals surface area contributed by atoms with Gasteiger partial charge in [-0.3, -0.25) is 4.57 Å². The minimum absolute atomic E-state index is 0.573. The van der Waals surface area contributed by atoms with Gasteiger partial charge < -0.3 is 8.98 Å². The molecule has 0 saturated heterocycles. The molecule has 7 aromatic carbocycles. The summed E-state index contributed by atoms with van der Waals surface area (Å²) in [5, 5.41) is 7.13. The van der Waals surface area contributed by atoms with E-state index in [0.29, 0.717) is 6.01 Å². The summed E-state index contributed by atoms with van der Waals surface area (Å²) < 4.78 is 13.9. The van der Waals surface area contributed by atoms with Gasteiger partial charge in [0.2, 0.25) is 0 Å². The number of aromatic nitrogens is 3. The van der Waals surface area contributed by atoms with Crippen LogP contribution in [0.1, 0.15) is 0 Å². The van der Waals surface area contributed by atoms with E-state index < -0.39 is 0 Å². The summed E-state index contributed by atoms with van der Waals surface area (Å²) in [5.74, 6) is 0. The van der Waals surface area contributed by atoms with E-state index in [1.807, 2.05) is 0 Å². The number of para-hydroxylation sites is 3. The van der Waals surface area contributed by atoms with Gasteiger partial charge in [0, 0.05) is 47.4 Å². The topological polar surface area (TPSA) is 35.9 Å². The Hall–Kier alpha value is -6.17. The summed E-state index contributed by atoms with van der Waals surface area (Å²) in [6, 6.07) is 54.6. The molecule has 5 heteroatoms. The van der Waals surface area contributed by atoms with Gasteiger partial charge in [-0.05, 0) is 65.7 Å². The summed E-state index contributed by atoms with van der Waals surface area (Å²) in [6.07, 6.45) is 0. The maximum atomic E-state index is 6.89. The molecule has 0 bridgehead atoms. The van der Waals surface area contributed by atoms with Gasteiger partial charge in [-0.1, -0.05) is 97.1 Å². The molecule has 4 heterocycles. The largest absolute Gasteiger partial charge is 0.422 e. The van der Waals surface area contributed by atoms with E-state index in [1.54, 1.807) is 11.3 Å². The molecule has 224 valence electrons. The first-order valence-corrected chi connectivity index (χ1v) is 17.0. The Morgan fingerprint density at radius 2 is 1.19 bits per heavy atom. The molecule has 4 nitrogen and oxygen atoms in total. The van der Waals surface area contributed by atoms with Crippen LogP contribution in [0.3, 0.4) is 0 Å². The van der Waals surface area contributed by atoms with Crippen molar-refractivity contribution in [3.05, 3.63) is 152 Å². The second kappa shape index (κ2) is 9.67. The molecular weight excluding hydrogens is 607 g/mol. The summed E-state index contributed by atoms with van der Waals surface area (Å²) in [6.45, 7) is 0. The van der Waals surface area contributed by atoms with Gasteiger partial charge in [0.25, 0.3) is 0 Å². The van der Waals surface area contributed by atoms with Crippen LogP contribution < -0.4 is 0 Å². The van der Waals surface area contributed by atoms with Crippen LogP contribution >= 0.6 is 11.3 Å². The van der Waals surface area contributed by atoms with Crippen LogP contribution in [-0.2, 0) is 0 Å². The van der Waals surface area contributed by atoms with Crippen molar-refractivity contribution in [1.29, 1.82) is 0 Å². The third-order valence-electron chi connectivity index (χ3n) is 9.76. The van der Waals surface area contributed by atoms with Crippen LogP contribution in [0.5, 0.6) is 0 Å². The number of hydrogen-bond acceptors (Lipinski definition) is 3. The first-order valence-electron chi connectivity index (χ1n) is 16.1. The summed E-state index contributed by atoms with van der Waals surface area (Å²) in [7, 11) is 0. The van der Waals surface area contributed by atoms with Crippen molar-refractivity contribution in [2.24, 2.45) is 0 Å². The molecule has 0 fully saturated rings. The lowest BCUT2D eigenvalue weighted by Gasteiger charge is -2.09. The normalized spacial score (nSPS) is 12.2. The summed E-state index contributed by atoms with van der Waals surface area (Å²) >= 11 is 1.80.